The molecule has 1 amide bonds. The van der Waals surface area contributed by atoms with Crippen molar-refractivity contribution in [3.8, 4) is 11.5 Å². The van der Waals surface area contributed by atoms with Gasteiger partial charge >= 0.3 is 0 Å². The molecule has 0 spiro atoms. The molecule has 0 radical (unpaired) electrons. The highest BCUT2D eigenvalue weighted by atomic mass is 127. The summed E-state index contributed by atoms with van der Waals surface area (Å²) in [5.41, 5.74) is 2.89. The lowest BCUT2D eigenvalue weighted by Gasteiger charge is -2.13. The van der Waals surface area contributed by atoms with E-state index in [4.69, 9.17) is 9.47 Å². The smallest absolute Gasteiger partial charge is 0.253 e. The number of carbonyl (C=O) groups is 1. The summed E-state index contributed by atoms with van der Waals surface area (Å²) in [6.07, 6.45) is 0.791. The molecule has 0 fully saturated rings. The monoisotopic (exact) mass is 510 g/mol. The van der Waals surface area contributed by atoms with Crippen LogP contribution in [0.2, 0.25) is 0 Å². The van der Waals surface area contributed by atoms with Gasteiger partial charge in [0.15, 0.2) is 17.5 Å². The van der Waals surface area contributed by atoms with Crippen LogP contribution < -0.4 is 20.1 Å². The highest BCUT2D eigenvalue weighted by molar-refractivity contribution is 14.0. The van der Waals surface area contributed by atoms with Gasteiger partial charge in [-0.3, -0.25) is 9.79 Å². The Morgan fingerprint density at radius 1 is 1.07 bits per heavy atom. The summed E-state index contributed by atoms with van der Waals surface area (Å²) in [5, 5.41) is 6.59. The first-order chi connectivity index (χ1) is 13.6. The first-order valence-corrected chi connectivity index (χ1v) is 9.20. The van der Waals surface area contributed by atoms with E-state index < -0.39 is 0 Å². The number of aliphatic imine (C=N–C) groups is 1. The molecule has 0 atom stereocenters. The molecule has 1 aliphatic rings. The van der Waals surface area contributed by atoms with Gasteiger partial charge in [-0.2, -0.15) is 0 Å². The molecule has 0 unspecified atom stereocenters. The first-order valence-electron chi connectivity index (χ1n) is 9.20. The molecule has 8 heteroatoms. The average molecular weight is 510 g/mol. The van der Waals surface area contributed by atoms with Crippen molar-refractivity contribution in [3.05, 3.63) is 59.2 Å². The standard InChI is InChI=1S/C21H26N4O3.HI/c1-22-21(24-13-16-7-8-18-19(12-16)28-14-27-18)23-10-9-15-5-4-6-17(11-15)20(26)25(2)3;/h4-8,11-12H,9-10,13-14H2,1-3H3,(H2,22,23,24);1H. The number of rotatable bonds is 6. The maximum atomic E-state index is 12.1. The fraction of sp³-hybridized carbons (Fsp3) is 0.333. The van der Waals surface area contributed by atoms with Crippen LogP contribution in [0.5, 0.6) is 11.5 Å². The lowest BCUT2D eigenvalue weighted by Crippen LogP contribution is -2.37. The van der Waals surface area contributed by atoms with Gasteiger partial charge in [-0.05, 0) is 41.8 Å². The number of fused-ring (bicyclic) bond motifs is 1. The van der Waals surface area contributed by atoms with Gasteiger partial charge in [0.05, 0.1) is 0 Å². The van der Waals surface area contributed by atoms with Gasteiger partial charge < -0.3 is 25.0 Å². The topological polar surface area (TPSA) is 75.2 Å². The summed E-state index contributed by atoms with van der Waals surface area (Å²) >= 11 is 0. The molecule has 2 aromatic carbocycles. The van der Waals surface area contributed by atoms with E-state index in [-0.39, 0.29) is 36.7 Å². The van der Waals surface area contributed by atoms with Gasteiger partial charge in [-0.15, -0.1) is 24.0 Å². The predicted molar refractivity (Wildman–Crippen MR) is 124 cm³/mol. The zero-order valence-corrected chi connectivity index (χ0v) is 19.2. The minimum absolute atomic E-state index is 0. The van der Waals surface area contributed by atoms with Crippen LogP contribution in [0.1, 0.15) is 21.5 Å². The number of carbonyl (C=O) groups excluding carboxylic acids is 1. The lowest BCUT2D eigenvalue weighted by molar-refractivity contribution is 0.0827. The Morgan fingerprint density at radius 3 is 2.62 bits per heavy atom. The number of amides is 1. The quantitative estimate of drug-likeness (QED) is 0.355. The van der Waals surface area contributed by atoms with Crippen LogP contribution >= 0.6 is 24.0 Å². The zero-order valence-electron chi connectivity index (χ0n) is 16.9. The highest BCUT2D eigenvalue weighted by Crippen LogP contribution is 2.32. The van der Waals surface area contributed by atoms with Crippen molar-refractivity contribution in [1.29, 1.82) is 0 Å². The van der Waals surface area contributed by atoms with E-state index in [0.717, 1.165) is 35.0 Å². The third kappa shape index (κ3) is 6.25. The van der Waals surface area contributed by atoms with Crippen molar-refractivity contribution in [2.45, 2.75) is 13.0 Å². The molecule has 156 valence electrons. The number of nitrogens with zero attached hydrogens (tertiary/aromatic N) is 2. The van der Waals surface area contributed by atoms with Crippen LogP contribution in [-0.4, -0.2) is 51.2 Å². The molecule has 7 nitrogen and oxygen atoms in total. The summed E-state index contributed by atoms with van der Waals surface area (Å²) in [7, 11) is 5.25. The van der Waals surface area contributed by atoms with E-state index in [1.807, 2.05) is 42.5 Å². The summed E-state index contributed by atoms with van der Waals surface area (Å²) in [5.74, 6) is 2.28. The SMILES string of the molecule is CN=C(NCCc1cccc(C(=O)N(C)C)c1)NCc1ccc2c(c1)OCO2.I. The highest BCUT2D eigenvalue weighted by Gasteiger charge is 2.13. The van der Waals surface area contributed by atoms with Crippen molar-refractivity contribution in [2.24, 2.45) is 4.99 Å². The maximum Gasteiger partial charge on any atom is 0.253 e. The Labute approximate surface area is 188 Å². The summed E-state index contributed by atoms with van der Waals surface area (Å²) in [6, 6.07) is 13.6. The third-order valence-corrected chi connectivity index (χ3v) is 4.41. The number of nitrogens with one attached hydrogen (secondary N) is 2. The number of ether oxygens (including phenoxy) is 2. The Kier molecular flexibility index (Phi) is 8.56. The van der Waals surface area contributed by atoms with E-state index in [0.29, 0.717) is 18.7 Å². The van der Waals surface area contributed by atoms with Crippen molar-refractivity contribution >= 4 is 35.8 Å². The molecule has 2 aromatic rings. The molecule has 0 saturated heterocycles. The van der Waals surface area contributed by atoms with E-state index >= 15 is 0 Å². The van der Waals surface area contributed by atoms with Crippen molar-refractivity contribution in [3.63, 3.8) is 0 Å². The number of hydrogen-bond acceptors (Lipinski definition) is 4. The van der Waals surface area contributed by atoms with Gasteiger partial charge in [-0.1, -0.05) is 18.2 Å². The number of guanidine groups is 1. The largest absolute Gasteiger partial charge is 0.454 e. The minimum Gasteiger partial charge on any atom is -0.454 e. The first kappa shape index (κ1) is 22.8. The van der Waals surface area contributed by atoms with E-state index in [1.165, 1.54) is 0 Å². The molecule has 1 aliphatic heterocycles. The summed E-state index contributed by atoms with van der Waals surface area (Å²) < 4.78 is 10.7. The normalized spacial score (nSPS) is 12.2. The Bertz CT molecular complexity index is 871. The zero-order chi connectivity index (χ0) is 19.9. The van der Waals surface area contributed by atoms with Crippen molar-refractivity contribution in [2.75, 3.05) is 34.5 Å². The van der Waals surface area contributed by atoms with Crippen molar-refractivity contribution < 1.29 is 14.3 Å². The summed E-state index contributed by atoms with van der Waals surface area (Å²) in [4.78, 5) is 17.9. The fourth-order valence-electron chi connectivity index (χ4n) is 2.90. The van der Waals surface area contributed by atoms with Crippen LogP contribution in [0, 0.1) is 0 Å². The van der Waals surface area contributed by atoms with Crippen LogP contribution in [0.15, 0.2) is 47.5 Å². The molecular formula is C21H27IN4O3. The van der Waals surface area contributed by atoms with Gasteiger partial charge in [-0.25, -0.2) is 0 Å². The Hall–Kier alpha value is -2.49. The molecule has 0 aliphatic carbocycles. The molecule has 29 heavy (non-hydrogen) atoms. The van der Waals surface area contributed by atoms with Gasteiger partial charge in [0.1, 0.15) is 0 Å². The van der Waals surface area contributed by atoms with Crippen LogP contribution in [-0.2, 0) is 13.0 Å². The Balaban J connectivity index is 0.00000300. The average Bonchev–Trinajstić information content (AvgIpc) is 3.18. The Morgan fingerprint density at radius 2 is 1.86 bits per heavy atom. The maximum absolute atomic E-state index is 12.1. The number of benzene rings is 2. The second-order valence-corrected chi connectivity index (χ2v) is 6.69. The molecule has 1 heterocycles. The third-order valence-electron chi connectivity index (χ3n) is 4.41. The fourth-order valence-corrected chi connectivity index (χ4v) is 2.90. The lowest BCUT2D eigenvalue weighted by atomic mass is 10.1. The summed E-state index contributed by atoms with van der Waals surface area (Å²) in [6.45, 7) is 1.61. The molecule has 0 aromatic heterocycles. The predicted octanol–water partition coefficient (Wildman–Crippen LogP) is 2.64. The van der Waals surface area contributed by atoms with Gasteiger partial charge in [0.25, 0.3) is 5.91 Å². The second-order valence-electron chi connectivity index (χ2n) is 6.69. The molecule has 0 bridgehead atoms. The molecule has 2 N–H and O–H groups in total. The van der Waals surface area contributed by atoms with Crippen LogP contribution in [0.25, 0.3) is 0 Å². The van der Waals surface area contributed by atoms with Gasteiger partial charge in [0, 0.05) is 39.8 Å². The van der Waals surface area contributed by atoms with E-state index in [1.54, 1.807) is 26.0 Å². The second kappa shape index (κ2) is 10.9. The minimum atomic E-state index is 0. The van der Waals surface area contributed by atoms with Gasteiger partial charge in [0.2, 0.25) is 6.79 Å². The van der Waals surface area contributed by atoms with Crippen molar-refractivity contribution in [1.82, 2.24) is 15.5 Å². The van der Waals surface area contributed by atoms with Crippen LogP contribution in [0.4, 0.5) is 0 Å². The molecule has 0 saturated carbocycles. The number of hydrogen-bond donors (Lipinski definition) is 2. The molecule has 3 rings (SSSR count). The van der Waals surface area contributed by atoms with E-state index in [9.17, 15) is 4.79 Å². The van der Waals surface area contributed by atoms with E-state index in [2.05, 4.69) is 15.6 Å². The molecular weight excluding hydrogens is 483 g/mol. The van der Waals surface area contributed by atoms with Crippen LogP contribution in [0.3, 0.4) is 0 Å². The number of halogens is 1.